The molecule has 2 rings (SSSR count). The number of carbonyl (C=O) groups is 1. The molecule has 1 atom stereocenters. The summed E-state index contributed by atoms with van der Waals surface area (Å²) < 4.78 is 3.88. The highest BCUT2D eigenvalue weighted by molar-refractivity contribution is 7.08. The number of benzene rings is 1. The van der Waals surface area contributed by atoms with Crippen LogP contribution in [0.5, 0.6) is 0 Å². The fourth-order valence-corrected chi connectivity index (χ4v) is 2.75. The molecular formula is C15H19N3O2S. The van der Waals surface area contributed by atoms with Crippen LogP contribution in [0.2, 0.25) is 0 Å². The SMILES string of the molecule is CC(C)(C)c1nnsc1C(=O)N[C@@H](CO)c1ccccc1. The number of hydrogen-bond donors (Lipinski definition) is 2. The van der Waals surface area contributed by atoms with E-state index in [-0.39, 0.29) is 17.9 Å². The highest BCUT2D eigenvalue weighted by atomic mass is 32.1. The summed E-state index contributed by atoms with van der Waals surface area (Å²) in [5.74, 6) is -0.252. The molecule has 0 aliphatic carbocycles. The third-order valence-electron chi connectivity index (χ3n) is 3.09. The summed E-state index contributed by atoms with van der Waals surface area (Å²) in [7, 11) is 0. The summed E-state index contributed by atoms with van der Waals surface area (Å²) in [6.45, 7) is 5.80. The summed E-state index contributed by atoms with van der Waals surface area (Å²) in [5.41, 5.74) is 1.29. The molecule has 0 unspecified atom stereocenters. The Balaban J connectivity index is 2.20. The number of hydrogen-bond acceptors (Lipinski definition) is 5. The van der Waals surface area contributed by atoms with Crippen molar-refractivity contribution < 1.29 is 9.90 Å². The molecule has 0 aliphatic heterocycles. The molecule has 5 nitrogen and oxygen atoms in total. The van der Waals surface area contributed by atoms with Gasteiger partial charge in [0.25, 0.3) is 5.91 Å². The molecule has 0 saturated carbocycles. The lowest BCUT2D eigenvalue weighted by atomic mass is 9.91. The van der Waals surface area contributed by atoms with Crippen LogP contribution in [0.1, 0.15) is 47.7 Å². The minimum absolute atomic E-state index is 0.160. The molecule has 0 aliphatic rings. The van der Waals surface area contributed by atoms with Crippen LogP contribution in [-0.2, 0) is 5.41 Å². The van der Waals surface area contributed by atoms with Crippen molar-refractivity contribution in [1.82, 2.24) is 14.9 Å². The van der Waals surface area contributed by atoms with Crippen molar-refractivity contribution in [3.05, 3.63) is 46.5 Å². The van der Waals surface area contributed by atoms with Gasteiger partial charge >= 0.3 is 0 Å². The predicted octanol–water partition coefficient (Wildman–Crippen LogP) is 2.30. The van der Waals surface area contributed by atoms with Crippen LogP contribution in [0.15, 0.2) is 30.3 Å². The second-order valence-electron chi connectivity index (χ2n) is 5.82. The molecule has 0 fully saturated rings. The number of amides is 1. The number of aliphatic hydroxyl groups is 1. The Morgan fingerprint density at radius 2 is 2.00 bits per heavy atom. The van der Waals surface area contributed by atoms with Gasteiger partial charge in [0.05, 0.1) is 18.3 Å². The Bertz CT molecular complexity index is 605. The second kappa shape index (κ2) is 6.32. The number of aliphatic hydroxyl groups excluding tert-OH is 1. The standard InChI is InChI=1S/C15H19N3O2S/c1-15(2,3)13-12(21-18-17-13)14(20)16-11(9-19)10-7-5-4-6-8-10/h4-8,11,19H,9H2,1-3H3,(H,16,20)/t11-/m0/s1. The van der Waals surface area contributed by atoms with Crippen molar-refractivity contribution in [2.45, 2.75) is 32.2 Å². The van der Waals surface area contributed by atoms with Gasteiger partial charge in [0.15, 0.2) is 0 Å². The quantitative estimate of drug-likeness (QED) is 0.909. The third-order valence-corrected chi connectivity index (χ3v) is 3.82. The molecule has 2 N–H and O–H groups in total. The van der Waals surface area contributed by atoms with Crippen LogP contribution in [0.4, 0.5) is 0 Å². The first-order valence-electron chi connectivity index (χ1n) is 6.73. The van der Waals surface area contributed by atoms with E-state index in [2.05, 4.69) is 14.9 Å². The van der Waals surface area contributed by atoms with E-state index in [0.717, 1.165) is 17.1 Å². The zero-order valence-corrected chi connectivity index (χ0v) is 13.1. The van der Waals surface area contributed by atoms with Gasteiger partial charge in [0, 0.05) is 5.41 Å². The maximum Gasteiger partial charge on any atom is 0.265 e. The molecule has 1 heterocycles. The Labute approximate surface area is 128 Å². The van der Waals surface area contributed by atoms with Gasteiger partial charge in [-0.1, -0.05) is 55.6 Å². The molecule has 112 valence electrons. The first kappa shape index (κ1) is 15.6. The van der Waals surface area contributed by atoms with Crippen LogP contribution in [0, 0.1) is 0 Å². The molecule has 6 heteroatoms. The maximum atomic E-state index is 12.4. The lowest BCUT2D eigenvalue weighted by Gasteiger charge is -2.19. The topological polar surface area (TPSA) is 75.1 Å². The smallest absolute Gasteiger partial charge is 0.265 e. The Hall–Kier alpha value is -1.79. The molecule has 21 heavy (non-hydrogen) atoms. The minimum atomic E-state index is -0.436. The van der Waals surface area contributed by atoms with E-state index >= 15 is 0 Å². The van der Waals surface area contributed by atoms with Gasteiger partial charge in [-0.2, -0.15) is 0 Å². The number of nitrogens with one attached hydrogen (secondary N) is 1. The molecule has 0 bridgehead atoms. The van der Waals surface area contributed by atoms with Gasteiger partial charge in [-0.15, -0.1) is 5.10 Å². The van der Waals surface area contributed by atoms with Gasteiger partial charge < -0.3 is 10.4 Å². The number of aromatic nitrogens is 2. The Kier molecular flexibility index (Phi) is 4.69. The fraction of sp³-hybridized carbons (Fsp3) is 0.400. The Morgan fingerprint density at radius 1 is 1.33 bits per heavy atom. The lowest BCUT2D eigenvalue weighted by Crippen LogP contribution is -2.32. The molecule has 1 amide bonds. The molecule has 1 aromatic carbocycles. The summed E-state index contributed by atoms with van der Waals surface area (Å²) >= 11 is 1.08. The molecule has 0 radical (unpaired) electrons. The Morgan fingerprint density at radius 3 is 2.57 bits per heavy atom. The summed E-state index contributed by atoms with van der Waals surface area (Å²) in [6.07, 6.45) is 0. The highest BCUT2D eigenvalue weighted by Gasteiger charge is 2.27. The van der Waals surface area contributed by atoms with E-state index in [0.29, 0.717) is 10.6 Å². The molecule has 2 aromatic rings. The monoisotopic (exact) mass is 305 g/mol. The van der Waals surface area contributed by atoms with Crippen molar-refractivity contribution in [3.63, 3.8) is 0 Å². The molecule has 0 spiro atoms. The highest BCUT2D eigenvalue weighted by Crippen LogP contribution is 2.26. The largest absolute Gasteiger partial charge is 0.394 e. The van der Waals surface area contributed by atoms with E-state index in [9.17, 15) is 9.90 Å². The molecule has 0 saturated heterocycles. The first-order valence-corrected chi connectivity index (χ1v) is 7.50. The lowest BCUT2D eigenvalue weighted by molar-refractivity contribution is 0.0918. The average Bonchev–Trinajstić information content (AvgIpc) is 2.95. The van der Waals surface area contributed by atoms with Gasteiger partial charge in [-0.3, -0.25) is 4.79 Å². The van der Waals surface area contributed by atoms with Crippen LogP contribution in [-0.4, -0.2) is 27.2 Å². The van der Waals surface area contributed by atoms with E-state index in [4.69, 9.17) is 0 Å². The zero-order valence-electron chi connectivity index (χ0n) is 12.3. The number of rotatable bonds is 4. The van der Waals surface area contributed by atoms with Gasteiger partial charge in [0.1, 0.15) is 4.88 Å². The average molecular weight is 305 g/mol. The summed E-state index contributed by atoms with van der Waals surface area (Å²) in [5, 5.41) is 16.4. The minimum Gasteiger partial charge on any atom is -0.394 e. The summed E-state index contributed by atoms with van der Waals surface area (Å²) in [6, 6.07) is 8.95. The van der Waals surface area contributed by atoms with Crippen molar-refractivity contribution in [2.24, 2.45) is 0 Å². The number of carbonyl (C=O) groups excluding carboxylic acids is 1. The first-order chi connectivity index (χ1) is 9.93. The van der Waals surface area contributed by atoms with Crippen LogP contribution in [0.3, 0.4) is 0 Å². The summed E-state index contributed by atoms with van der Waals surface area (Å²) in [4.78, 5) is 12.9. The van der Waals surface area contributed by atoms with Crippen molar-refractivity contribution >= 4 is 17.4 Å². The number of nitrogens with zero attached hydrogens (tertiary/aromatic N) is 2. The van der Waals surface area contributed by atoms with E-state index in [1.165, 1.54) is 0 Å². The zero-order chi connectivity index (χ0) is 15.5. The van der Waals surface area contributed by atoms with E-state index in [1.807, 2.05) is 51.1 Å². The van der Waals surface area contributed by atoms with E-state index in [1.54, 1.807) is 0 Å². The van der Waals surface area contributed by atoms with Gasteiger partial charge in [-0.05, 0) is 17.1 Å². The van der Waals surface area contributed by atoms with Gasteiger partial charge in [0.2, 0.25) is 0 Å². The van der Waals surface area contributed by atoms with Crippen LogP contribution in [0.25, 0.3) is 0 Å². The second-order valence-corrected chi connectivity index (χ2v) is 6.57. The third kappa shape index (κ3) is 3.65. The maximum absolute atomic E-state index is 12.4. The fourth-order valence-electron chi connectivity index (χ4n) is 1.97. The molecule has 1 aromatic heterocycles. The normalized spacial score (nSPS) is 13.0. The van der Waals surface area contributed by atoms with Crippen molar-refractivity contribution in [3.8, 4) is 0 Å². The molecular weight excluding hydrogens is 286 g/mol. The van der Waals surface area contributed by atoms with E-state index < -0.39 is 6.04 Å². The van der Waals surface area contributed by atoms with Crippen molar-refractivity contribution in [1.29, 1.82) is 0 Å². The van der Waals surface area contributed by atoms with Crippen LogP contribution >= 0.6 is 11.5 Å². The van der Waals surface area contributed by atoms with Crippen LogP contribution < -0.4 is 5.32 Å². The van der Waals surface area contributed by atoms with Crippen molar-refractivity contribution in [2.75, 3.05) is 6.61 Å². The predicted molar refractivity (Wildman–Crippen MR) is 82.3 cm³/mol. The van der Waals surface area contributed by atoms with Gasteiger partial charge in [-0.25, -0.2) is 0 Å².